The lowest BCUT2D eigenvalue weighted by Crippen LogP contribution is -2.53. The van der Waals surface area contributed by atoms with Crippen molar-refractivity contribution >= 4 is 11.8 Å². The summed E-state index contributed by atoms with van der Waals surface area (Å²) in [7, 11) is 0. The third-order valence-corrected chi connectivity index (χ3v) is 4.01. The summed E-state index contributed by atoms with van der Waals surface area (Å²) in [4.78, 5) is 29.4. The van der Waals surface area contributed by atoms with Crippen LogP contribution in [0.15, 0.2) is 0 Å². The lowest BCUT2D eigenvalue weighted by Gasteiger charge is -2.34. The minimum Gasteiger partial charge on any atom is -0.395 e. The van der Waals surface area contributed by atoms with E-state index in [4.69, 9.17) is 20.4 Å². The van der Waals surface area contributed by atoms with Gasteiger partial charge in [-0.25, -0.2) is 0 Å². The minimum absolute atomic E-state index is 0.00268. The van der Waals surface area contributed by atoms with Gasteiger partial charge in [0.15, 0.2) is 0 Å². The van der Waals surface area contributed by atoms with Crippen molar-refractivity contribution in [3.05, 3.63) is 0 Å². The maximum atomic E-state index is 12.9. The number of carbonyl (C=O) groups is 2. The van der Waals surface area contributed by atoms with Gasteiger partial charge in [0.25, 0.3) is 0 Å². The van der Waals surface area contributed by atoms with Crippen LogP contribution in [0.5, 0.6) is 0 Å². The highest BCUT2D eigenvalue weighted by atomic mass is 16.3. The monoisotopic (exact) mass is 395 g/mol. The molecule has 0 aromatic carbocycles. The van der Waals surface area contributed by atoms with Crippen molar-refractivity contribution in [2.45, 2.75) is 12.5 Å². The Labute approximate surface area is 159 Å². The Balaban J connectivity index is 5.53. The molecule has 11 heteroatoms. The molecule has 0 saturated heterocycles. The van der Waals surface area contributed by atoms with Crippen molar-refractivity contribution < 1.29 is 40.2 Å². The third kappa shape index (κ3) is 9.42. The lowest BCUT2D eigenvalue weighted by atomic mass is 10.1. The van der Waals surface area contributed by atoms with Crippen LogP contribution < -0.4 is 0 Å². The Morgan fingerprint density at radius 3 is 1.33 bits per heavy atom. The molecule has 0 aliphatic heterocycles. The van der Waals surface area contributed by atoms with Gasteiger partial charge in [-0.1, -0.05) is 0 Å². The van der Waals surface area contributed by atoms with Crippen LogP contribution in [0.2, 0.25) is 0 Å². The van der Waals surface area contributed by atoms with E-state index in [-0.39, 0.29) is 85.3 Å². The first-order chi connectivity index (χ1) is 13.0. The average molecular weight is 395 g/mol. The average Bonchev–Trinajstić information content (AvgIpc) is 2.65. The van der Waals surface area contributed by atoms with Crippen LogP contribution in [0.25, 0.3) is 0 Å². The first-order valence-electron chi connectivity index (χ1n) is 8.96. The predicted molar refractivity (Wildman–Crippen MR) is 95.7 cm³/mol. The first kappa shape index (κ1) is 25.7. The van der Waals surface area contributed by atoms with Crippen LogP contribution >= 0.6 is 0 Å². The Kier molecular flexibility index (Phi) is 14.9. The zero-order chi connectivity index (χ0) is 20.7. The first-order valence-corrected chi connectivity index (χ1v) is 8.96. The third-order valence-electron chi connectivity index (χ3n) is 4.01. The van der Waals surface area contributed by atoms with Gasteiger partial charge in [0.2, 0.25) is 11.8 Å². The lowest BCUT2D eigenvalue weighted by molar-refractivity contribution is -0.144. The van der Waals surface area contributed by atoms with Gasteiger partial charge in [0.1, 0.15) is 0 Å². The molecule has 0 saturated carbocycles. The number of aliphatic hydroxyl groups excluding tert-OH is 6. The normalized spacial score (nSPS) is 12.3. The van der Waals surface area contributed by atoms with E-state index in [1.54, 1.807) is 0 Å². The summed E-state index contributed by atoms with van der Waals surface area (Å²) in [5.41, 5.74) is 0. The number of hydrogen-bond acceptors (Lipinski definition) is 9. The Morgan fingerprint density at radius 2 is 0.963 bits per heavy atom. The van der Waals surface area contributed by atoms with Crippen molar-refractivity contribution in [1.29, 1.82) is 0 Å². The Morgan fingerprint density at radius 1 is 0.593 bits per heavy atom. The zero-order valence-electron chi connectivity index (χ0n) is 15.6. The number of hydrogen-bond donors (Lipinski definition) is 6. The molecule has 1 unspecified atom stereocenters. The zero-order valence-corrected chi connectivity index (χ0v) is 15.6. The molecule has 1 atom stereocenters. The fourth-order valence-corrected chi connectivity index (χ4v) is 2.73. The van der Waals surface area contributed by atoms with Crippen LogP contribution in [0, 0.1) is 0 Å². The van der Waals surface area contributed by atoms with E-state index in [2.05, 4.69) is 0 Å². The summed E-state index contributed by atoms with van der Waals surface area (Å²) in [6, 6.07) is -1.03. The number of aliphatic hydroxyl groups is 6. The number of nitrogens with zero attached hydrogens (tertiary/aromatic N) is 3. The largest absolute Gasteiger partial charge is 0.395 e. The van der Waals surface area contributed by atoms with Gasteiger partial charge >= 0.3 is 0 Å². The van der Waals surface area contributed by atoms with Gasteiger partial charge in [0, 0.05) is 39.3 Å². The van der Waals surface area contributed by atoms with Gasteiger partial charge in [0.05, 0.1) is 52.1 Å². The highest BCUT2D eigenvalue weighted by Gasteiger charge is 2.32. The van der Waals surface area contributed by atoms with E-state index in [0.717, 1.165) is 0 Å². The molecule has 2 amide bonds. The number of amides is 2. The van der Waals surface area contributed by atoms with E-state index in [0.29, 0.717) is 0 Å². The van der Waals surface area contributed by atoms with Crippen LogP contribution in [0.3, 0.4) is 0 Å². The van der Waals surface area contributed by atoms with Gasteiger partial charge in [-0.15, -0.1) is 0 Å². The smallest absolute Gasteiger partial charge is 0.240 e. The van der Waals surface area contributed by atoms with Gasteiger partial charge < -0.3 is 40.4 Å². The molecule has 0 fully saturated rings. The molecular formula is C16H33N3O8. The van der Waals surface area contributed by atoms with Crippen molar-refractivity contribution in [3.63, 3.8) is 0 Å². The van der Waals surface area contributed by atoms with E-state index in [1.165, 1.54) is 14.7 Å². The highest BCUT2D eigenvalue weighted by Crippen LogP contribution is 2.11. The Hall–Kier alpha value is -1.34. The summed E-state index contributed by atoms with van der Waals surface area (Å²) < 4.78 is 0. The molecule has 0 aliphatic rings. The van der Waals surface area contributed by atoms with Gasteiger partial charge in [-0.3, -0.25) is 14.5 Å². The molecule has 0 aliphatic carbocycles. The molecule has 0 aromatic heterocycles. The SMILES string of the molecule is O=C(CC(C(=O)N(CCO)CCO)N(CCO)CCO)N(CCO)CCO. The van der Waals surface area contributed by atoms with Gasteiger partial charge in [-0.05, 0) is 0 Å². The second-order valence-electron chi connectivity index (χ2n) is 5.80. The number of rotatable bonds is 16. The molecular weight excluding hydrogens is 362 g/mol. The summed E-state index contributed by atoms with van der Waals surface area (Å²) in [5.74, 6) is -1.01. The Bertz CT molecular complexity index is 395. The standard InChI is InChI=1S/C16H33N3O8/c20-7-1-17(2-8-21)14(16(27)19(5-11-24)6-12-25)13-15(26)18(3-9-22)4-10-23/h14,20-25H,1-13H2. The van der Waals surface area contributed by atoms with Crippen LogP contribution in [0.4, 0.5) is 0 Å². The van der Waals surface area contributed by atoms with Crippen molar-refractivity contribution in [3.8, 4) is 0 Å². The molecule has 6 N–H and O–H groups in total. The maximum absolute atomic E-state index is 12.9. The van der Waals surface area contributed by atoms with Crippen LogP contribution in [-0.2, 0) is 9.59 Å². The predicted octanol–water partition coefficient (Wildman–Crippen LogP) is -4.34. The summed E-state index contributed by atoms with van der Waals surface area (Å²) in [5, 5.41) is 55.0. The van der Waals surface area contributed by atoms with Crippen LogP contribution in [0.1, 0.15) is 6.42 Å². The summed E-state index contributed by atoms with van der Waals surface area (Å²) >= 11 is 0. The van der Waals surface area contributed by atoms with E-state index >= 15 is 0 Å². The molecule has 0 spiro atoms. The molecule has 0 rings (SSSR count). The molecule has 11 nitrogen and oxygen atoms in total. The van der Waals surface area contributed by atoms with Crippen molar-refractivity contribution in [1.82, 2.24) is 14.7 Å². The second kappa shape index (κ2) is 15.7. The van der Waals surface area contributed by atoms with Crippen molar-refractivity contribution in [2.24, 2.45) is 0 Å². The van der Waals surface area contributed by atoms with Crippen LogP contribution in [-0.4, -0.2) is 142 Å². The van der Waals surface area contributed by atoms with E-state index in [9.17, 15) is 19.8 Å². The fraction of sp³-hybridized carbons (Fsp3) is 0.875. The topological polar surface area (TPSA) is 165 Å². The van der Waals surface area contributed by atoms with E-state index < -0.39 is 17.9 Å². The number of carbonyl (C=O) groups excluding carboxylic acids is 2. The highest BCUT2D eigenvalue weighted by molar-refractivity contribution is 5.88. The second-order valence-corrected chi connectivity index (χ2v) is 5.80. The molecule has 160 valence electrons. The maximum Gasteiger partial charge on any atom is 0.240 e. The van der Waals surface area contributed by atoms with E-state index in [1.807, 2.05) is 0 Å². The molecule has 27 heavy (non-hydrogen) atoms. The summed E-state index contributed by atoms with van der Waals surface area (Å²) in [6.07, 6.45) is -0.299. The molecule has 0 bridgehead atoms. The van der Waals surface area contributed by atoms with Crippen molar-refractivity contribution in [2.75, 3.05) is 78.9 Å². The quantitative estimate of drug-likeness (QED) is 0.151. The summed E-state index contributed by atoms with van der Waals surface area (Å²) in [6.45, 7) is -1.85. The molecule has 0 heterocycles. The molecule has 0 radical (unpaired) electrons. The molecule has 0 aromatic rings. The van der Waals surface area contributed by atoms with Gasteiger partial charge in [-0.2, -0.15) is 0 Å². The minimum atomic E-state index is -1.03. The fourth-order valence-electron chi connectivity index (χ4n) is 2.73.